The molecular weight excluding hydrogens is 150 g/mol. The molecule has 1 aliphatic heterocycles. The summed E-state index contributed by atoms with van der Waals surface area (Å²) in [6.45, 7) is 11.9. The van der Waals surface area contributed by atoms with E-state index in [9.17, 15) is 0 Å². The summed E-state index contributed by atoms with van der Waals surface area (Å²) in [5.41, 5.74) is 0.421. The molecule has 0 spiro atoms. The lowest BCUT2D eigenvalue weighted by atomic mass is 9.75. The zero-order chi connectivity index (χ0) is 9.19. The van der Waals surface area contributed by atoms with E-state index in [-0.39, 0.29) is 0 Å². The number of nitrogens with one attached hydrogen (secondary N) is 1. The predicted molar refractivity (Wildman–Crippen MR) is 51.2 cm³/mol. The minimum atomic E-state index is 0.421. The van der Waals surface area contributed by atoms with Crippen LogP contribution in [-0.4, -0.2) is 25.8 Å². The highest BCUT2D eigenvalue weighted by molar-refractivity contribution is 4.90. The quantitative estimate of drug-likeness (QED) is 0.694. The summed E-state index contributed by atoms with van der Waals surface area (Å²) < 4.78 is 5.29. The molecule has 0 aromatic rings. The molecule has 1 aliphatic rings. The standard InChI is InChI=1S/C10H21NO/c1-8(2)10(6-12-7-10)5-11-9(3)4/h8-9,11H,5-7H2,1-4H3. The second-order valence-corrected chi connectivity index (χ2v) is 4.55. The van der Waals surface area contributed by atoms with E-state index in [0.29, 0.717) is 11.5 Å². The minimum absolute atomic E-state index is 0.421. The van der Waals surface area contributed by atoms with Gasteiger partial charge < -0.3 is 10.1 Å². The Balaban J connectivity index is 2.35. The summed E-state index contributed by atoms with van der Waals surface area (Å²) in [4.78, 5) is 0. The molecular formula is C10H21NO. The fourth-order valence-corrected chi connectivity index (χ4v) is 1.41. The zero-order valence-electron chi connectivity index (χ0n) is 8.68. The van der Waals surface area contributed by atoms with Gasteiger partial charge in [0.05, 0.1) is 13.2 Å². The van der Waals surface area contributed by atoms with Gasteiger partial charge >= 0.3 is 0 Å². The van der Waals surface area contributed by atoms with Gasteiger partial charge in [-0.25, -0.2) is 0 Å². The summed E-state index contributed by atoms with van der Waals surface area (Å²) >= 11 is 0. The molecule has 1 rings (SSSR count). The van der Waals surface area contributed by atoms with Crippen molar-refractivity contribution in [3.05, 3.63) is 0 Å². The van der Waals surface area contributed by atoms with Crippen LogP contribution in [-0.2, 0) is 4.74 Å². The lowest BCUT2D eigenvalue weighted by molar-refractivity contribution is -0.137. The highest BCUT2D eigenvalue weighted by Crippen LogP contribution is 2.34. The third-order valence-electron chi connectivity index (χ3n) is 2.87. The molecule has 12 heavy (non-hydrogen) atoms. The lowest BCUT2D eigenvalue weighted by Crippen LogP contribution is -2.54. The van der Waals surface area contributed by atoms with Gasteiger partial charge in [0.1, 0.15) is 0 Å². The molecule has 2 nitrogen and oxygen atoms in total. The zero-order valence-corrected chi connectivity index (χ0v) is 8.68. The van der Waals surface area contributed by atoms with Crippen molar-refractivity contribution in [2.45, 2.75) is 33.7 Å². The van der Waals surface area contributed by atoms with E-state index in [1.807, 2.05) is 0 Å². The normalized spacial score (nSPS) is 21.5. The van der Waals surface area contributed by atoms with Crippen molar-refractivity contribution in [3.8, 4) is 0 Å². The molecule has 0 amide bonds. The Kier molecular flexibility index (Phi) is 3.13. The van der Waals surface area contributed by atoms with Crippen molar-refractivity contribution >= 4 is 0 Å². The summed E-state index contributed by atoms with van der Waals surface area (Å²) in [6, 6.07) is 0.584. The molecule has 0 aromatic carbocycles. The van der Waals surface area contributed by atoms with E-state index in [1.165, 1.54) is 0 Å². The van der Waals surface area contributed by atoms with E-state index in [1.54, 1.807) is 0 Å². The molecule has 1 saturated heterocycles. The summed E-state index contributed by atoms with van der Waals surface area (Å²) in [6.07, 6.45) is 0. The Hall–Kier alpha value is -0.0800. The van der Waals surface area contributed by atoms with Gasteiger partial charge in [-0.3, -0.25) is 0 Å². The van der Waals surface area contributed by atoms with Gasteiger partial charge in [0, 0.05) is 18.0 Å². The van der Waals surface area contributed by atoms with Crippen molar-refractivity contribution in [2.75, 3.05) is 19.8 Å². The average molecular weight is 171 g/mol. The van der Waals surface area contributed by atoms with Gasteiger partial charge in [0.25, 0.3) is 0 Å². The first-order chi connectivity index (χ1) is 5.57. The van der Waals surface area contributed by atoms with Crippen LogP contribution in [0.3, 0.4) is 0 Å². The molecule has 0 unspecified atom stereocenters. The van der Waals surface area contributed by atoms with Crippen LogP contribution in [0.25, 0.3) is 0 Å². The highest BCUT2D eigenvalue weighted by atomic mass is 16.5. The van der Waals surface area contributed by atoms with E-state index in [2.05, 4.69) is 33.0 Å². The number of hydrogen-bond acceptors (Lipinski definition) is 2. The third kappa shape index (κ3) is 1.99. The van der Waals surface area contributed by atoms with Crippen LogP contribution >= 0.6 is 0 Å². The maximum Gasteiger partial charge on any atom is 0.0559 e. The molecule has 0 aromatic heterocycles. The van der Waals surface area contributed by atoms with Crippen LogP contribution in [0.2, 0.25) is 0 Å². The van der Waals surface area contributed by atoms with E-state index in [4.69, 9.17) is 4.74 Å². The molecule has 2 heteroatoms. The maximum atomic E-state index is 5.29. The van der Waals surface area contributed by atoms with Crippen LogP contribution in [0.5, 0.6) is 0 Å². The second kappa shape index (κ2) is 3.75. The first kappa shape index (κ1) is 10.0. The Morgan fingerprint density at radius 1 is 1.25 bits per heavy atom. The molecule has 0 saturated carbocycles. The van der Waals surface area contributed by atoms with Gasteiger partial charge in [-0.15, -0.1) is 0 Å². The van der Waals surface area contributed by atoms with Gasteiger partial charge in [0.2, 0.25) is 0 Å². The smallest absolute Gasteiger partial charge is 0.0559 e. The fraction of sp³-hybridized carbons (Fsp3) is 1.00. The summed E-state index contributed by atoms with van der Waals surface area (Å²) in [7, 11) is 0. The van der Waals surface area contributed by atoms with Crippen LogP contribution in [0.4, 0.5) is 0 Å². The first-order valence-corrected chi connectivity index (χ1v) is 4.88. The monoisotopic (exact) mass is 171 g/mol. The van der Waals surface area contributed by atoms with Crippen molar-refractivity contribution < 1.29 is 4.74 Å². The average Bonchev–Trinajstić information content (AvgIpc) is 1.83. The Morgan fingerprint density at radius 3 is 2.08 bits per heavy atom. The Morgan fingerprint density at radius 2 is 1.83 bits per heavy atom. The van der Waals surface area contributed by atoms with Crippen molar-refractivity contribution in [3.63, 3.8) is 0 Å². The summed E-state index contributed by atoms with van der Waals surface area (Å²) in [5.74, 6) is 0.720. The molecule has 0 atom stereocenters. The first-order valence-electron chi connectivity index (χ1n) is 4.88. The van der Waals surface area contributed by atoms with Crippen LogP contribution < -0.4 is 5.32 Å². The van der Waals surface area contributed by atoms with Crippen molar-refractivity contribution in [1.29, 1.82) is 0 Å². The predicted octanol–water partition coefficient (Wildman–Crippen LogP) is 1.66. The van der Waals surface area contributed by atoms with Gasteiger partial charge in [-0.2, -0.15) is 0 Å². The van der Waals surface area contributed by atoms with Gasteiger partial charge in [0.15, 0.2) is 0 Å². The minimum Gasteiger partial charge on any atom is -0.380 e. The third-order valence-corrected chi connectivity index (χ3v) is 2.87. The highest BCUT2D eigenvalue weighted by Gasteiger charge is 2.41. The van der Waals surface area contributed by atoms with Gasteiger partial charge in [-0.1, -0.05) is 27.7 Å². The van der Waals surface area contributed by atoms with Crippen LogP contribution in [0.15, 0.2) is 0 Å². The van der Waals surface area contributed by atoms with E-state index < -0.39 is 0 Å². The van der Waals surface area contributed by atoms with Gasteiger partial charge in [-0.05, 0) is 5.92 Å². The largest absolute Gasteiger partial charge is 0.380 e. The van der Waals surface area contributed by atoms with E-state index >= 15 is 0 Å². The van der Waals surface area contributed by atoms with Crippen molar-refractivity contribution in [1.82, 2.24) is 5.32 Å². The molecule has 1 heterocycles. The second-order valence-electron chi connectivity index (χ2n) is 4.55. The number of ether oxygens (including phenoxy) is 1. The SMILES string of the molecule is CC(C)NCC1(C(C)C)COC1. The lowest BCUT2D eigenvalue weighted by Gasteiger charge is -2.45. The topological polar surface area (TPSA) is 21.3 Å². The van der Waals surface area contributed by atoms with Crippen LogP contribution in [0.1, 0.15) is 27.7 Å². The summed E-state index contributed by atoms with van der Waals surface area (Å²) in [5, 5.41) is 3.49. The number of hydrogen-bond donors (Lipinski definition) is 1. The van der Waals surface area contributed by atoms with Crippen LogP contribution in [0, 0.1) is 11.3 Å². The van der Waals surface area contributed by atoms with E-state index in [0.717, 1.165) is 25.7 Å². The maximum absolute atomic E-state index is 5.29. The molecule has 1 fully saturated rings. The number of rotatable bonds is 4. The fourth-order valence-electron chi connectivity index (χ4n) is 1.41. The molecule has 0 bridgehead atoms. The molecule has 0 radical (unpaired) electrons. The van der Waals surface area contributed by atoms with Crippen molar-refractivity contribution in [2.24, 2.45) is 11.3 Å². The molecule has 0 aliphatic carbocycles. The Labute approximate surface area is 75.7 Å². The Bertz CT molecular complexity index is 139. The molecule has 72 valence electrons. The molecule has 1 N–H and O–H groups in total.